The standard InChI is InChI=1S/C14H20FNO2S/c1-10(2)9-13(14(17)18)16-7-8-19-12-5-3-11(15)4-6-12/h3-6,10,13,16H,7-9H2,1-2H3,(H,17,18). The predicted octanol–water partition coefficient (Wildman–Crippen LogP) is 3.01. The number of carboxylic acids is 1. The SMILES string of the molecule is CC(C)CC(NCCSc1ccc(F)cc1)C(=O)O. The normalized spacial score (nSPS) is 12.6. The second-order valence-corrected chi connectivity index (χ2v) is 5.95. The highest BCUT2D eigenvalue weighted by molar-refractivity contribution is 7.99. The number of thioether (sulfide) groups is 1. The molecule has 19 heavy (non-hydrogen) atoms. The van der Waals surface area contributed by atoms with Crippen molar-refractivity contribution in [1.29, 1.82) is 0 Å². The Morgan fingerprint density at radius 3 is 2.53 bits per heavy atom. The fraction of sp³-hybridized carbons (Fsp3) is 0.500. The smallest absolute Gasteiger partial charge is 0.320 e. The van der Waals surface area contributed by atoms with Gasteiger partial charge >= 0.3 is 5.97 Å². The summed E-state index contributed by atoms with van der Waals surface area (Å²) in [5, 5.41) is 12.1. The molecule has 0 amide bonds. The Bertz CT molecular complexity index is 395. The third-order valence-corrected chi connectivity index (χ3v) is 3.59. The van der Waals surface area contributed by atoms with Crippen LogP contribution in [-0.2, 0) is 4.79 Å². The van der Waals surface area contributed by atoms with Crippen LogP contribution in [0.4, 0.5) is 4.39 Å². The number of rotatable bonds is 8. The topological polar surface area (TPSA) is 49.3 Å². The van der Waals surface area contributed by atoms with E-state index in [0.717, 1.165) is 10.6 Å². The van der Waals surface area contributed by atoms with E-state index in [1.807, 2.05) is 13.8 Å². The number of aliphatic carboxylic acids is 1. The second kappa shape index (κ2) is 8.17. The zero-order chi connectivity index (χ0) is 14.3. The molecule has 0 saturated heterocycles. The van der Waals surface area contributed by atoms with Crippen LogP contribution < -0.4 is 5.32 Å². The van der Waals surface area contributed by atoms with E-state index in [4.69, 9.17) is 5.11 Å². The number of hydrogen-bond donors (Lipinski definition) is 2. The van der Waals surface area contributed by atoms with Gasteiger partial charge < -0.3 is 10.4 Å². The first-order valence-electron chi connectivity index (χ1n) is 6.33. The Labute approximate surface area is 117 Å². The Kier molecular flexibility index (Phi) is 6.87. The van der Waals surface area contributed by atoms with Gasteiger partial charge in [0.1, 0.15) is 11.9 Å². The maximum absolute atomic E-state index is 12.7. The van der Waals surface area contributed by atoms with Crippen molar-refractivity contribution in [3.05, 3.63) is 30.1 Å². The third-order valence-electron chi connectivity index (χ3n) is 2.58. The predicted molar refractivity (Wildman–Crippen MR) is 76.0 cm³/mol. The molecular formula is C14H20FNO2S. The van der Waals surface area contributed by atoms with Gasteiger partial charge in [-0.15, -0.1) is 11.8 Å². The van der Waals surface area contributed by atoms with Crippen LogP contribution in [0.5, 0.6) is 0 Å². The highest BCUT2D eigenvalue weighted by Crippen LogP contribution is 2.17. The molecule has 1 aromatic rings. The summed E-state index contributed by atoms with van der Waals surface area (Å²) in [5.74, 6) is 0.0530. The number of carbonyl (C=O) groups is 1. The minimum absolute atomic E-state index is 0.245. The molecule has 0 radical (unpaired) electrons. The summed E-state index contributed by atoms with van der Waals surface area (Å²) in [6.45, 7) is 4.63. The third kappa shape index (κ3) is 6.59. The summed E-state index contributed by atoms with van der Waals surface area (Å²) in [6.07, 6.45) is 0.622. The van der Waals surface area contributed by atoms with E-state index in [0.29, 0.717) is 18.9 Å². The number of benzene rings is 1. The van der Waals surface area contributed by atoms with Crippen molar-refractivity contribution in [3.8, 4) is 0 Å². The number of halogens is 1. The van der Waals surface area contributed by atoms with Gasteiger partial charge in [-0.1, -0.05) is 13.8 Å². The van der Waals surface area contributed by atoms with Crippen molar-refractivity contribution >= 4 is 17.7 Å². The van der Waals surface area contributed by atoms with Gasteiger partial charge in [-0.25, -0.2) is 4.39 Å². The van der Waals surface area contributed by atoms with Crippen LogP contribution in [0.25, 0.3) is 0 Å². The van der Waals surface area contributed by atoms with Crippen molar-refractivity contribution < 1.29 is 14.3 Å². The van der Waals surface area contributed by atoms with E-state index in [9.17, 15) is 9.18 Å². The Hall–Kier alpha value is -1.07. The molecule has 0 spiro atoms. The average molecular weight is 285 g/mol. The minimum atomic E-state index is -0.805. The molecule has 0 saturated carbocycles. The summed E-state index contributed by atoms with van der Waals surface area (Å²) in [7, 11) is 0. The molecule has 0 heterocycles. The lowest BCUT2D eigenvalue weighted by Gasteiger charge is -2.16. The zero-order valence-corrected chi connectivity index (χ0v) is 12.0. The van der Waals surface area contributed by atoms with E-state index in [1.165, 1.54) is 12.1 Å². The van der Waals surface area contributed by atoms with Crippen LogP contribution >= 0.6 is 11.8 Å². The van der Waals surface area contributed by atoms with Gasteiger partial charge in [0, 0.05) is 17.2 Å². The van der Waals surface area contributed by atoms with Gasteiger partial charge in [-0.05, 0) is 36.6 Å². The highest BCUT2D eigenvalue weighted by atomic mass is 32.2. The summed E-state index contributed by atoms with van der Waals surface area (Å²) in [5.41, 5.74) is 0. The lowest BCUT2D eigenvalue weighted by atomic mass is 10.0. The molecule has 3 nitrogen and oxygen atoms in total. The Balaban J connectivity index is 2.28. The molecule has 5 heteroatoms. The minimum Gasteiger partial charge on any atom is -0.480 e. The van der Waals surface area contributed by atoms with E-state index in [1.54, 1.807) is 23.9 Å². The van der Waals surface area contributed by atoms with Crippen LogP contribution in [0, 0.1) is 11.7 Å². The van der Waals surface area contributed by atoms with Gasteiger partial charge in [-0.3, -0.25) is 4.79 Å². The van der Waals surface area contributed by atoms with Crippen LogP contribution in [0.15, 0.2) is 29.2 Å². The fourth-order valence-corrected chi connectivity index (χ4v) is 2.46. The van der Waals surface area contributed by atoms with Crippen molar-refractivity contribution in [2.45, 2.75) is 31.2 Å². The molecule has 0 aliphatic rings. The monoisotopic (exact) mass is 285 g/mol. The Morgan fingerprint density at radius 2 is 2.00 bits per heavy atom. The van der Waals surface area contributed by atoms with Crippen molar-refractivity contribution in [2.24, 2.45) is 5.92 Å². The molecule has 0 aromatic heterocycles. The molecule has 0 fully saturated rings. The first-order chi connectivity index (χ1) is 8.99. The van der Waals surface area contributed by atoms with Crippen molar-refractivity contribution in [1.82, 2.24) is 5.32 Å². The van der Waals surface area contributed by atoms with E-state index < -0.39 is 12.0 Å². The molecular weight excluding hydrogens is 265 g/mol. The van der Waals surface area contributed by atoms with E-state index >= 15 is 0 Å². The lowest BCUT2D eigenvalue weighted by molar-refractivity contribution is -0.139. The van der Waals surface area contributed by atoms with Crippen molar-refractivity contribution in [2.75, 3.05) is 12.3 Å². The molecule has 0 aliphatic carbocycles. The number of carboxylic acid groups (broad SMARTS) is 1. The van der Waals surface area contributed by atoms with E-state index in [2.05, 4.69) is 5.32 Å². The van der Waals surface area contributed by atoms with Gasteiger partial charge in [0.15, 0.2) is 0 Å². The summed E-state index contributed by atoms with van der Waals surface area (Å²) in [4.78, 5) is 12.0. The average Bonchev–Trinajstić information content (AvgIpc) is 2.34. The summed E-state index contributed by atoms with van der Waals surface area (Å²) in [6, 6.07) is 5.81. The first kappa shape index (κ1) is 16.0. The molecule has 0 bridgehead atoms. The zero-order valence-electron chi connectivity index (χ0n) is 11.2. The quantitative estimate of drug-likeness (QED) is 0.569. The molecule has 0 aliphatic heterocycles. The lowest BCUT2D eigenvalue weighted by Crippen LogP contribution is -2.38. The van der Waals surface area contributed by atoms with Crippen LogP contribution in [0.3, 0.4) is 0 Å². The van der Waals surface area contributed by atoms with Crippen LogP contribution in [0.2, 0.25) is 0 Å². The van der Waals surface area contributed by atoms with Crippen LogP contribution in [0.1, 0.15) is 20.3 Å². The largest absolute Gasteiger partial charge is 0.480 e. The molecule has 1 atom stereocenters. The first-order valence-corrected chi connectivity index (χ1v) is 7.32. The van der Waals surface area contributed by atoms with E-state index in [-0.39, 0.29) is 5.82 Å². The maximum Gasteiger partial charge on any atom is 0.320 e. The molecule has 106 valence electrons. The molecule has 1 aromatic carbocycles. The number of nitrogens with one attached hydrogen (secondary N) is 1. The highest BCUT2D eigenvalue weighted by Gasteiger charge is 2.17. The van der Waals surface area contributed by atoms with Crippen molar-refractivity contribution in [3.63, 3.8) is 0 Å². The summed E-state index contributed by atoms with van der Waals surface area (Å²) >= 11 is 1.58. The van der Waals surface area contributed by atoms with Gasteiger partial charge in [-0.2, -0.15) is 0 Å². The second-order valence-electron chi connectivity index (χ2n) is 4.78. The van der Waals surface area contributed by atoms with Crippen LogP contribution in [-0.4, -0.2) is 29.4 Å². The van der Waals surface area contributed by atoms with Gasteiger partial charge in [0.25, 0.3) is 0 Å². The summed E-state index contributed by atoms with van der Waals surface area (Å²) < 4.78 is 12.7. The van der Waals surface area contributed by atoms with Gasteiger partial charge in [0.2, 0.25) is 0 Å². The Morgan fingerprint density at radius 1 is 1.37 bits per heavy atom. The number of hydrogen-bond acceptors (Lipinski definition) is 3. The maximum atomic E-state index is 12.7. The molecule has 1 unspecified atom stereocenters. The molecule has 1 rings (SSSR count). The fourth-order valence-electron chi connectivity index (χ4n) is 1.68. The van der Waals surface area contributed by atoms with Gasteiger partial charge in [0.05, 0.1) is 0 Å². The molecule has 2 N–H and O–H groups in total.